The van der Waals surface area contributed by atoms with Crippen molar-refractivity contribution in [3.8, 4) is 5.75 Å². The molecule has 0 aliphatic carbocycles. The lowest BCUT2D eigenvalue weighted by molar-refractivity contribution is -0.114. The molecule has 1 aromatic rings. The molecule has 5 heteroatoms. The van der Waals surface area contributed by atoms with E-state index in [0.717, 1.165) is 0 Å². The molecule has 1 aromatic carbocycles. The van der Waals surface area contributed by atoms with Crippen LogP contribution in [-0.4, -0.2) is 29.0 Å². The first-order valence-electron chi connectivity index (χ1n) is 4.44. The number of ether oxygens (including phenoxy) is 1. The minimum absolute atomic E-state index is 0.144. The lowest BCUT2D eigenvalue weighted by Gasteiger charge is -2.08. The number of aliphatic hydroxyl groups excluding tert-OH is 1. The number of rotatable bonds is 4. The van der Waals surface area contributed by atoms with Crippen molar-refractivity contribution in [1.29, 1.82) is 0 Å². The van der Waals surface area contributed by atoms with E-state index in [9.17, 15) is 4.79 Å². The van der Waals surface area contributed by atoms with Crippen molar-refractivity contribution < 1.29 is 19.7 Å². The molecule has 15 heavy (non-hydrogen) atoms. The maximum atomic E-state index is 10.7. The van der Waals surface area contributed by atoms with Gasteiger partial charge in [-0.25, -0.2) is 0 Å². The summed E-state index contributed by atoms with van der Waals surface area (Å²) in [4.78, 5) is 10.7. The summed E-state index contributed by atoms with van der Waals surface area (Å²) in [6.07, 6.45) is -1.49. The van der Waals surface area contributed by atoms with Crippen molar-refractivity contribution in [3.05, 3.63) is 24.3 Å². The van der Waals surface area contributed by atoms with Crippen LogP contribution in [0.2, 0.25) is 0 Å². The first kappa shape index (κ1) is 11.5. The molecule has 0 aromatic heterocycles. The Morgan fingerprint density at radius 1 is 1.40 bits per heavy atom. The fourth-order valence-electron chi connectivity index (χ4n) is 1.01. The summed E-state index contributed by atoms with van der Waals surface area (Å²) < 4.78 is 5.01. The van der Waals surface area contributed by atoms with Crippen LogP contribution in [0.3, 0.4) is 0 Å². The Hall–Kier alpha value is -1.59. The van der Waals surface area contributed by atoms with Crippen LogP contribution in [0.15, 0.2) is 24.3 Å². The van der Waals surface area contributed by atoms with Crippen molar-refractivity contribution in [2.24, 2.45) is 0 Å². The maximum Gasteiger partial charge on any atom is 0.221 e. The first-order valence-corrected chi connectivity index (χ1v) is 4.44. The number of hydrogen-bond acceptors (Lipinski definition) is 4. The molecule has 0 aliphatic heterocycles. The number of anilines is 1. The van der Waals surface area contributed by atoms with E-state index in [1.807, 2.05) is 0 Å². The molecule has 0 bridgehead atoms. The van der Waals surface area contributed by atoms with Crippen LogP contribution in [0.1, 0.15) is 6.92 Å². The van der Waals surface area contributed by atoms with E-state index in [1.54, 1.807) is 24.3 Å². The van der Waals surface area contributed by atoms with E-state index in [2.05, 4.69) is 5.32 Å². The van der Waals surface area contributed by atoms with E-state index in [4.69, 9.17) is 14.9 Å². The van der Waals surface area contributed by atoms with Gasteiger partial charge >= 0.3 is 0 Å². The van der Waals surface area contributed by atoms with Gasteiger partial charge < -0.3 is 20.3 Å². The molecule has 82 valence electrons. The number of benzene rings is 1. The number of aliphatic hydroxyl groups is 2. The van der Waals surface area contributed by atoms with Gasteiger partial charge in [0.15, 0.2) is 6.29 Å². The molecular formula is C10H13NO4. The largest absolute Gasteiger partial charge is 0.488 e. The molecule has 0 unspecified atom stereocenters. The van der Waals surface area contributed by atoms with Crippen LogP contribution < -0.4 is 10.1 Å². The average molecular weight is 211 g/mol. The van der Waals surface area contributed by atoms with Crippen LogP contribution in [-0.2, 0) is 4.79 Å². The Kier molecular flexibility index (Phi) is 4.08. The highest BCUT2D eigenvalue weighted by atomic mass is 16.5. The molecule has 0 fully saturated rings. The van der Waals surface area contributed by atoms with E-state index < -0.39 is 6.29 Å². The molecule has 0 spiro atoms. The molecular weight excluding hydrogens is 198 g/mol. The first-order chi connectivity index (χ1) is 7.08. The topological polar surface area (TPSA) is 78.8 Å². The molecule has 0 saturated heterocycles. The monoisotopic (exact) mass is 211 g/mol. The van der Waals surface area contributed by atoms with Gasteiger partial charge in [0, 0.05) is 12.6 Å². The van der Waals surface area contributed by atoms with Crippen LogP contribution in [0.4, 0.5) is 5.69 Å². The zero-order valence-corrected chi connectivity index (χ0v) is 8.30. The predicted octanol–water partition coefficient (Wildman–Crippen LogP) is 0.334. The van der Waals surface area contributed by atoms with Crippen molar-refractivity contribution in [1.82, 2.24) is 0 Å². The van der Waals surface area contributed by atoms with Gasteiger partial charge in [-0.2, -0.15) is 0 Å². The summed E-state index contributed by atoms with van der Waals surface area (Å²) in [5.74, 6) is 0.367. The normalized spacial score (nSPS) is 10.1. The Balaban J connectivity index is 2.52. The quantitative estimate of drug-likeness (QED) is 0.627. The fraction of sp³-hybridized carbons (Fsp3) is 0.300. The van der Waals surface area contributed by atoms with Crippen LogP contribution in [0.5, 0.6) is 5.75 Å². The minimum atomic E-state index is -1.49. The van der Waals surface area contributed by atoms with Crippen LogP contribution in [0.25, 0.3) is 0 Å². The molecule has 0 heterocycles. The summed E-state index contributed by atoms with van der Waals surface area (Å²) >= 11 is 0. The summed E-state index contributed by atoms with van der Waals surface area (Å²) in [5, 5.41) is 19.7. The number of hydrogen-bond donors (Lipinski definition) is 3. The van der Waals surface area contributed by atoms with E-state index >= 15 is 0 Å². The van der Waals surface area contributed by atoms with Crippen molar-refractivity contribution in [2.75, 3.05) is 11.9 Å². The average Bonchev–Trinajstić information content (AvgIpc) is 2.16. The Labute approximate surface area is 87.3 Å². The van der Waals surface area contributed by atoms with Crippen LogP contribution >= 0.6 is 0 Å². The Morgan fingerprint density at radius 3 is 2.47 bits per heavy atom. The molecule has 3 N–H and O–H groups in total. The smallest absolute Gasteiger partial charge is 0.221 e. The standard InChI is InChI=1S/C10H13NO4/c1-7(12)11-8-2-4-9(5-3-8)15-6-10(13)14/h2-5,10,13-14H,6H2,1H3,(H,11,12). The predicted molar refractivity (Wildman–Crippen MR) is 54.5 cm³/mol. The summed E-state index contributed by atoms with van der Waals surface area (Å²) in [6, 6.07) is 6.60. The zero-order chi connectivity index (χ0) is 11.3. The third-order valence-electron chi connectivity index (χ3n) is 1.57. The molecule has 0 radical (unpaired) electrons. The Morgan fingerprint density at radius 2 is 2.00 bits per heavy atom. The molecule has 0 saturated carbocycles. The maximum absolute atomic E-state index is 10.7. The molecule has 0 atom stereocenters. The number of nitrogens with one attached hydrogen (secondary N) is 1. The van der Waals surface area contributed by atoms with Gasteiger partial charge in [-0.05, 0) is 24.3 Å². The van der Waals surface area contributed by atoms with Gasteiger partial charge in [0.25, 0.3) is 0 Å². The van der Waals surface area contributed by atoms with Crippen molar-refractivity contribution in [2.45, 2.75) is 13.2 Å². The van der Waals surface area contributed by atoms with E-state index in [-0.39, 0.29) is 12.5 Å². The number of amides is 1. The highest BCUT2D eigenvalue weighted by Crippen LogP contribution is 2.15. The third-order valence-corrected chi connectivity index (χ3v) is 1.57. The van der Waals surface area contributed by atoms with Crippen molar-refractivity contribution in [3.63, 3.8) is 0 Å². The lowest BCUT2D eigenvalue weighted by Crippen LogP contribution is -2.15. The van der Waals surface area contributed by atoms with Gasteiger partial charge in [0.05, 0.1) is 0 Å². The zero-order valence-electron chi connectivity index (χ0n) is 8.30. The summed E-state index contributed by atoms with van der Waals surface area (Å²) in [6.45, 7) is 1.24. The summed E-state index contributed by atoms with van der Waals surface area (Å²) in [5.41, 5.74) is 0.666. The van der Waals surface area contributed by atoms with Crippen molar-refractivity contribution >= 4 is 11.6 Å². The Bertz CT molecular complexity index is 321. The second-order valence-corrected chi connectivity index (χ2v) is 3.00. The van der Waals surface area contributed by atoms with Gasteiger partial charge in [0.1, 0.15) is 12.4 Å². The van der Waals surface area contributed by atoms with Gasteiger partial charge in [0.2, 0.25) is 5.91 Å². The molecule has 1 rings (SSSR count). The minimum Gasteiger partial charge on any atom is -0.488 e. The van der Waals surface area contributed by atoms with Gasteiger partial charge in [-0.15, -0.1) is 0 Å². The second kappa shape index (κ2) is 5.33. The van der Waals surface area contributed by atoms with Crippen LogP contribution in [0, 0.1) is 0 Å². The van der Waals surface area contributed by atoms with Gasteiger partial charge in [-0.1, -0.05) is 0 Å². The molecule has 1 amide bonds. The van der Waals surface area contributed by atoms with E-state index in [0.29, 0.717) is 11.4 Å². The molecule has 5 nitrogen and oxygen atoms in total. The van der Waals surface area contributed by atoms with E-state index in [1.165, 1.54) is 6.92 Å². The highest BCUT2D eigenvalue weighted by molar-refractivity contribution is 5.88. The third kappa shape index (κ3) is 4.44. The summed E-state index contributed by atoms with van der Waals surface area (Å²) in [7, 11) is 0. The second-order valence-electron chi connectivity index (χ2n) is 3.00. The van der Waals surface area contributed by atoms with Gasteiger partial charge in [-0.3, -0.25) is 4.79 Å². The molecule has 0 aliphatic rings. The SMILES string of the molecule is CC(=O)Nc1ccc(OCC(O)O)cc1. The highest BCUT2D eigenvalue weighted by Gasteiger charge is 2.00. The lowest BCUT2D eigenvalue weighted by atomic mass is 10.3. The number of carbonyl (C=O) groups is 1. The number of carbonyl (C=O) groups excluding carboxylic acids is 1. The fourth-order valence-corrected chi connectivity index (χ4v) is 1.01.